The van der Waals surface area contributed by atoms with Crippen LogP contribution in [-0.2, 0) is 17.8 Å². The van der Waals surface area contributed by atoms with Crippen molar-refractivity contribution in [2.75, 3.05) is 24.5 Å². The third kappa shape index (κ3) is 4.37. The largest absolute Gasteiger partial charge is 0.356 e. The van der Waals surface area contributed by atoms with E-state index in [9.17, 15) is 4.79 Å². The van der Waals surface area contributed by atoms with E-state index >= 15 is 0 Å². The van der Waals surface area contributed by atoms with Crippen LogP contribution in [-0.4, -0.2) is 40.4 Å². The standard InChI is InChI=1S/C31H30N4O/c36-31(28(23-12-4-1-5-13-23)24-14-6-2-7-15-24)35-21-18-27-26(22-35)30(34-19-10-11-20-34)33-29(32-27)25-16-8-3-9-17-25/h1-9,12-17,28H,10-11,18-22H2. The van der Waals surface area contributed by atoms with Gasteiger partial charge in [0.15, 0.2) is 5.82 Å². The molecule has 0 saturated carbocycles. The number of anilines is 1. The summed E-state index contributed by atoms with van der Waals surface area (Å²) in [4.78, 5) is 28.6. The van der Waals surface area contributed by atoms with Gasteiger partial charge in [0.25, 0.3) is 0 Å². The molecule has 36 heavy (non-hydrogen) atoms. The number of benzene rings is 3. The van der Waals surface area contributed by atoms with Gasteiger partial charge in [-0.05, 0) is 24.0 Å². The van der Waals surface area contributed by atoms with E-state index in [1.54, 1.807) is 0 Å². The van der Waals surface area contributed by atoms with E-state index in [2.05, 4.69) is 41.3 Å². The molecular formula is C31H30N4O. The number of carbonyl (C=O) groups is 1. The van der Waals surface area contributed by atoms with E-state index in [0.717, 1.165) is 59.1 Å². The summed E-state index contributed by atoms with van der Waals surface area (Å²) in [6, 6.07) is 30.5. The van der Waals surface area contributed by atoms with E-state index in [1.807, 2.05) is 59.5 Å². The fourth-order valence-corrected chi connectivity index (χ4v) is 5.44. The summed E-state index contributed by atoms with van der Waals surface area (Å²) < 4.78 is 0. The first kappa shape index (κ1) is 22.5. The molecule has 1 aromatic heterocycles. The molecule has 2 aliphatic rings. The zero-order valence-corrected chi connectivity index (χ0v) is 20.4. The molecule has 6 rings (SSSR count). The Hall–Kier alpha value is -3.99. The summed E-state index contributed by atoms with van der Waals surface area (Å²) >= 11 is 0. The van der Waals surface area contributed by atoms with Crippen LogP contribution in [0.3, 0.4) is 0 Å². The Labute approximate surface area is 212 Å². The lowest BCUT2D eigenvalue weighted by Gasteiger charge is -2.34. The second-order valence-corrected chi connectivity index (χ2v) is 9.62. The van der Waals surface area contributed by atoms with E-state index in [0.29, 0.717) is 13.1 Å². The summed E-state index contributed by atoms with van der Waals surface area (Å²) in [6.45, 7) is 3.21. The Kier molecular flexibility index (Phi) is 6.20. The number of nitrogens with zero attached hydrogens (tertiary/aromatic N) is 4. The Bertz CT molecular complexity index is 1300. The van der Waals surface area contributed by atoms with Gasteiger partial charge in [-0.3, -0.25) is 4.79 Å². The summed E-state index contributed by atoms with van der Waals surface area (Å²) in [5, 5.41) is 0. The fourth-order valence-electron chi connectivity index (χ4n) is 5.44. The molecule has 5 nitrogen and oxygen atoms in total. The van der Waals surface area contributed by atoms with E-state index < -0.39 is 0 Å². The molecule has 0 aliphatic carbocycles. The summed E-state index contributed by atoms with van der Waals surface area (Å²) in [5.74, 6) is 1.60. The molecule has 3 aromatic carbocycles. The maximum Gasteiger partial charge on any atom is 0.234 e. The minimum atomic E-state index is -0.325. The van der Waals surface area contributed by atoms with Crippen molar-refractivity contribution in [2.24, 2.45) is 0 Å². The van der Waals surface area contributed by atoms with Crippen LogP contribution >= 0.6 is 0 Å². The van der Waals surface area contributed by atoms with E-state index in [4.69, 9.17) is 9.97 Å². The molecular weight excluding hydrogens is 444 g/mol. The predicted octanol–water partition coefficient (Wildman–Crippen LogP) is 5.46. The molecule has 0 unspecified atom stereocenters. The van der Waals surface area contributed by atoms with Crippen molar-refractivity contribution in [2.45, 2.75) is 31.7 Å². The highest BCUT2D eigenvalue weighted by molar-refractivity contribution is 5.87. The smallest absolute Gasteiger partial charge is 0.234 e. The predicted molar refractivity (Wildman–Crippen MR) is 143 cm³/mol. The molecule has 1 saturated heterocycles. The second-order valence-electron chi connectivity index (χ2n) is 9.62. The monoisotopic (exact) mass is 474 g/mol. The van der Waals surface area contributed by atoms with Crippen molar-refractivity contribution in [3.63, 3.8) is 0 Å². The van der Waals surface area contributed by atoms with Gasteiger partial charge >= 0.3 is 0 Å². The van der Waals surface area contributed by atoms with Crippen LogP contribution in [0.25, 0.3) is 11.4 Å². The maximum absolute atomic E-state index is 14.1. The first-order chi connectivity index (χ1) is 17.8. The molecule has 0 atom stereocenters. The number of carbonyl (C=O) groups excluding carboxylic acids is 1. The highest BCUT2D eigenvalue weighted by atomic mass is 16.2. The molecule has 0 bridgehead atoms. The van der Waals surface area contributed by atoms with Crippen LogP contribution in [0.1, 0.15) is 41.1 Å². The van der Waals surface area contributed by atoms with Gasteiger partial charge < -0.3 is 9.80 Å². The molecule has 2 aliphatic heterocycles. The molecule has 3 heterocycles. The van der Waals surface area contributed by atoms with Gasteiger partial charge in [0.05, 0.1) is 18.2 Å². The Morgan fingerprint density at radius 2 is 1.31 bits per heavy atom. The Morgan fingerprint density at radius 3 is 1.92 bits per heavy atom. The minimum Gasteiger partial charge on any atom is -0.356 e. The molecule has 1 fully saturated rings. The molecule has 1 amide bonds. The van der Waals surface area contributed by atoms with Gasteiger partial charge in [-0.15, -0.1) is 0 Å². The number of hydrogen-bond donors (Lipinski definition) is 0. The molecule has 0 spiro atoms. The molecule has 5 heteroatoms. The third-order valence-electron chi connectivity index (χ3n) is 7.30. The summed E-state index contributed by atoms with van der Waals surface area (Å²) in [7, 11) is 0. The van der Waals surface area contributed by atoms with Crippen LogP contribution in [0.5, 0.6) is 0 Å². The average Bonchev–Trinajstić information content (AvgIpc) is 3.49. The lowest BCUT2D eigenvalue weighted by molar-refractivity contribution is -0.132. The van der Waals surface area contributed by atoms with Crippen LogP contribution in [0.15, 0.2) is 91.0 Å². The van der Waals surface area contributed by atoms with Crippen LogP contribution in [0.4, 0.5) is 5.82 Å². The number of rotatable bonds is 5. The molecule has 0 N–H and O–H groups in total. The van der Waals surface area contributed by atoms with Gasteiger partial charge in [0.1, 0.15) is 5.82 Å². The zero-order chi connectivity index (χ0) is 24.3. The Morgan fingerprint density at radius 1 is 0.722 bits per heavy atom. The lowest BCUT2D eigenvalue weighted by Crippen LogP contribution is -2.40. The topological polar surface area (TPSA) is 49.3 Å². The van der Waals surface area contributed by atoms with Gasteiger partial charge in [0, 0.05) is 37.2 Å². The first-order valence-corrected chi connectivity index (χ1v) is 12.9. The molecule has 4 aromatic rings. The van der Waals surface area contributed by atoms with Crippen molar-refractivity contribution in [3.8, 4) is 11.4 Å². The lowest BCUT2D eigenvalue weighted by atomic mass is 9.89. The van der Waals surface area contributed by atoms with Crippen molar-refractivity contribution in [1.29, 1.82) is 0 Å². The zero-order valence-electron chi connectivity index (χ0n) is 20.4. The Balaban J connectivity index is 1.37. The van der Waals surface area contributed by atoms with Gasteiger partial charge in [-0.25, -0.2) is 9.97 Å². The minimum absolute atomic E-state index is 0.137. The number of aromatic nitrogens is 2. The van der Waals surface area contributed by atoms with Gasteiger partial charge in [-0.1, -0.05) is 91.0 Å². The molecule has 180 valence electrons. The van der Waals surface area contributed by atoms with Crippen LogP contribution in [0, 0.1) is 0 Å². The van der Waals surface area contributed by atoms with Crippen molar-refractivity contribution in [1.82, 2.24) is 14.9 Å². The highest BCUT2D eigenvalue weighted by Gasteiger charge is 2.33. The van der Waals surface area contributed by atoms with Crippen LogP contribution < -0.4 is 4.90 Å². The SMILES string of the molecule is O=C(C(c1ccccc1)c1ccccc1)N1CCc2nc(-c3ccccc3)nc(N3CCCC3)c2C1. The first-order valence-electron chi connectivity index (χ1n) is 12.9. The van der Waals surface area contributed by atoms with Gasteiger partial charge in [-0.2, -0.15) is 0 Å². The average molecular weight is 475 g/mol. The van der Waals surface area contributed by atoms with E-state index in [-0.39, 0.29) is 11.8 Å². The van der Waals surface area contributed by atoms with Crippen LogP contribution in [0.2, 0.25) is 0 Å². The molecule has 0 radical (unpaired) electrons. The normalized spacial score (nSPS) is 15.2. The highest BCUT2D eigenvalue weighted by Crippen LogP contribution is 2.34. The number of hydrogen-bond acceptors (Lipinski definition) is 4. The summed E-state index contributed by atoms with van der Waals surface area (Å²) in [5.41, 5.74) is 5.26. The second kappa shape index (κ2) is 9.94. The van der Waals surface area contributed by atoms with E-state index in [1.165, 1.54) is 12.8 Å². The number of amides is 1. The number of fused-ring (bicyclic) bond motifs is 1. The fraction of sp³-hybridized carbons (Fsp3) is 0.258. The maximum atomic E-state index is 14.1. The van der Waals surface area contributed by atoms with Gasteiger partial charge in [0.2, 0.25) is 5.91 Å². The van der Waals surface area contributed by atoms with Crippen molar-refractivity contribution in [3.05, 3.63) is 113 Å². The quantitative estimate of drug-likeness (QED) is 0.385. The van der Waals surface area contributed by atoms with Crippen molar-refractivity contribution < 1.29 is 4.79 Å². The summed E-state index contributed by atoms with van der Waals surface area (Å²) in [6.07, 6.45) is 3.08. The van der Waals surface area contributed by atoms with Crippen molar-refractivity contribution >= 4 is 11.7 Å². The third-order valence-corrected chi connectivity index (χ3v) is 7.30.